The molecule has 0 atom stereocenters. The number of rotatable bonds is 6. The maximum absolute atomic E-state index is 14.4. The zero-order valence-electron chi connectivity index (χ0n) is 19.2. The Hall–Kier alpha value is -4.66. The van der Waals surface area contributed by atoms with E-state index in [0.717, 1.165) is 22.6 Å². The van der Waals surface area contributed by atoms with Crippen LogP contribution < -0.4 is 15.8 Å². The molecule has 9 heteroatoms. The van der Waals surface area contributed by atoms with Gasteiger partial charge >= 0.3 is 0 Å². The van der Waals surface area contributed by atoms with E-state index < -0.39 is 11.6 Å². The SMILES string of the molecule is COc1ccc(CNc2ncnc3c(C)c(-c4ccc(N)cn4)n(-c4ccc(O)c(F)c4)c23)cc1. The molecule has 5 aromatic rings. The predicted molar refractivity (Wildman–Crippen MR) is 133 cm³/mol. The van der Waals surface area contributed by atoms with Crippen molar-refractivity contribution in [3.63, 3.8) is 0 Å². The Morgan fingerprint density at radius 2 is 1.86 bits per heavy atom. The van der Waals surface area contributed by atoms with Crippen molar-refractivity contribution in [2.24, 2.45) is 0 Å². The normalized spacial score (nSPS) is 11.1. The van der Waals surface area contributed by atoms with E-state index in [1.165, 1.54) is 18.5 Å². The Morgan fingerprint density at radius 1 is 1.06 bits per heavy atom. The summed E-state index contributed by atoms with van der Waals surface area (Å²) in [6.07, 6.45) is 3.07. The summed E-state index contributed by atoms with van der Waals surface area (Å²) in [4.78, 5) is 13.5. The number of nitrogens with two attached hydrogens (primary N) is 1. The fourth-order valence-electron chi connectivity index (χ4n) is 4.06. The first kappa shape index (κ1) is 22.1. The van der Waals surface area contributed by atoms with Crippen LogP contribution in [0.3, 0.4) is 0 Å². The number of fused-ring (bicyclic) bond motifs is 1. The first-order chi connectivity index (χ1) is 17.0. The molecule has 35 heavy (non-hydrogen) atoms. The Balaban J connectivity index is 1.69. The molecule has 0 aliphatic carbocycles. The third-order valence-electron chi connectivity index (χ3n) is 5.82. The van der Waals surface area contributed by atoms with Gasteiger partial charge in [-0.1, -0.05) is 12.1 Å². The number of aryl methyl sites for hydroxylation is 1. The second-order valence-electron chi connectivity index (χ2n) is 8.04. The maximum atomic E-state index is 14.4. The maximum Gasteiger partial charge on any atom is 0.166 e. The molecule has 5 rings (SSSR count). The van der Waals surface area contributed by atoms with Crippen LogP contribution in [-0.4, -0.2) is 31.7 Å². The van der Waals surface area contributed by atoms with Crippen LogP contribution in [0.25, 0.3) is 28.1 Å². The van der Waals surface area contributed by atoms with Crippen molar-refractivity contribution in [2.45, 2.75) is 13.5 Å². The van der Waals surface area contributed by atoms with Crippen LogP contribution in [0, 0.1) is 12.7 Å². The van der Waals surface area contributed by atoms with Crippen LogP contribution in [0.5, 0.6) is 11.5 Å². The predicted octanol–water partition coefficient (Wildman–Crippen LogP) is 4.84. The molecule has 0 radical (unpaired) electrons. The van der Waals surface area contributed by atoms with E-state index in [1.54, 1.807) is 25.4 Å². The van der Waals surface area contributed by atoms with Crippen molar-refractivity contribution in [2.75, 3.05) is 18.2 Å². The minimum absolute atomic E-state index is 0.428. The van der Waals surface area contributed by atoms with Gasteiger partial charge in [-0.05, 0) is 48.9 Å². The Kier molecular flexibility index (Phi) is 5.66. The summed E-state index contributed by atoms with van der Waals surface area (Å²) < 4.78 is 21.5. The van der Waals surface area contributed by atoms with Crippen LogP contribution >= 0.6 is 0 Å². The number of nitrogens with one attached hydrogen (secondary N) is 1. The van der Waals surface area contributed by atoms with E-state index in [2.05, 4.69) is 20.3 Å². The van der Waals surface area contributed by atoms with Gasteiger partial charge in [0.2, 0.25) is 0 Å². The van der Waals surface area contributed by atoms with Crippen molar-refractivity contribution < 1.29 is 14.2 Å². The van der Waals surface area contributed by atoms with Crippen LogP contribution in [0.4, 0.5) is 15.9 Å². The number of nitrogen functional groups attached to an aromatic ring is 1. The summed E-state index contributed by atoms with van der Waals surface area (Å²) in [5, 5.41) is 13.2. The molecule has 3 heterocycles. The lowest BCUT2D eigenvalue weighted by molar-refractivity contribution is 0.414. The largest absolute Gasteiger partial charge is 0.505 e. The van der Waals surface area contributed by atoms with Gasteiger partial charge in [0, 0.05) is 23.9 Å². The van der Waals surface area contributed by atoms with Gasteiger partial charge in [0.15, 0.2) is 17.4 Å². The van der Waals surface area contributed by atoms with Crippen molar-refractivity contribution in [3.8, 4) is 28.6 Å². The van der Waals surface area contributed by atoms with Crippen LogP contribution in [-0.2, 0) is 6.54 Å². The molecule has 0 amide bonds. The standard InChI is InChI=1S/C26H23FN6O2/c1-15-23-25(26(32-14-31-23)30-12-16-3-7-19(35-2)8-4-16)33(18-6-10-22(34)20(27)11-18)24(15)21-9-5-17(28)13-29-21/h3-11,13-14,34H,12,28H2,1-2H3,(H,30,31,32). The lowest BCUT2D eigenvalue weighted by Crippen LogP contribution is -2.06. The highest BCUT2D eigenvalue weighted by Gasteiger charge is 2.23. The van der Waals surface area contributed by atoms with Crippen molar-refractivity contribution in [1.82, 2.24) is 19.5 Å². The van der Waals surface area contributed by atoms with Crippen molar-refractivity contribution in [3.05, 3.63) is 84.1 Å². The molecular formula is C26H23FN6O2. The molecule has 2 aromatic carbocycles. The molecule has 3 aromatic heterocycles. The third-order valence-corrected chi connectivity index (χ3v) is 5.82. The number of hydrogen-bond acceptors (Lipinski definition) is 7. The molecule has 8 nitrogen and oxygen atoms in total. The monoisotopic (exact) mass is 470 g/mol. The fraction of sp³-hybridized carbons (Fsp3) is 0.115. The van der Waals surface area contributed by atoms with Crippen molar-refractivity contribution in [1.29, 1.82) is 0 Å². The molecule has 0 saturated carbocycles. The number of pyridine rings is 1. The highest BCUT2D eigenvalue weighted by molar-refractivity contribution is 5.96. The van der Waals surface area contributed by atoms with Gasteiger partial charge < -0.3 is 25.5 Å². The average molecular weight is 471 g/mol. The number of hydrogen-bond donors (Lipinski definition) is 3. The van der Waals surface area contributed by atoms with Crippen LogP contribution in [0.15, 0.2) is 67.1 Å². The Morgan fingerprint density at radius 3 is 2.54 bits per heavy atom. The summed E-state index contributed by atoms with van der Waals surface area (Å²) in [6, 6.07) is 15.5. The summed E-state index contributed by atoms with van der Waals surface area (Å²) >= 11 is 0. The zero-order chi connectivity index (χ0) is 24.5. The molecule has 0 unspecified atom stereocenters. The van der Waals surface area contributed by atoms with Crippen LogP contribution in [0.2, 0.25) is 0 Å². The topological polar surface area (TPSA) is 111 Å². The minimum Gasteiger partial charge on any atom is -0.505 e. The number of halogens is 1. The number of phenolic OH excluding ortho intramolecular Hbond substituents is 1. The first-order valence-corrected chi connectivity index (χ1v) is 10.9. The molecule has 0 fully saturated rings. The van der Waals surface area contributed by atoms with Gasteiger partial charge in [-0.3, -0.25) is 4.98 Å². The average Bonchev–Trinajstić information content (AvgIpc) is 3.18. The first-order valence-electron chi connectivity index (χ1n) is 10.9. The minimum atomic E-state index is -0.734. The van der Waals surface area contributed by atoms with Gasteiger partial charge in [0.25, 0.3) is 0 Å². The van der Waals surface area contributed by atoms with E-state index in [0.29, 0.717) is 40.5 Å². The number of methoxy groups -OCH3 is 1. The summed E-state index contributed by atoms with van der Waals surface area (Å²) in [5.74, 6) is 0.188. The number of anilines is 2. The molecule has 0 aliphatic rings. The lowest BCUT2D eigenvalue weighted by Gasteiger charge is -2.14. The van der Waals surface area contributed by atoms with Gasteiger partial charge in [-0.25, -0.2) is 14.4 Å². The van der Waals surface area contributed by atoms with E-state index in [-0.39, 0.29) is 0 Å². The smallest absolute Gasteiger partial charge is 0.166 e. The zero-order valence-corrected chi connectivity index (χ0v) is 19.2. The van der Waals surface area contributed by atoms with Gasteiger partial charge in [-0.2, -0.15) is 0 Å². The third kappa shape index (κ3) is 4.08. The quantitative estimate of drug-likeness (QED) is 0.326. The molecule has 0 saturated heterocycles. The van der Waals surface area contributed by atoms with E-state index in [9.17, 15) is 9.50 Å². The Bertz CT molecular complexity index is 1510. The van der Waals surface area contributed by atoms with Crippen molar-refractivity contribution >= 4 is 22.5 Å². The molecule has 0 bridgehead atoms. The molecule has 4 N–H and O–H groups in total. The Labute approximate surface area is 200 Å². The lowest BCUT2D eigenvalue weighted by atomic mass is 10.1. The fourth-order valence-corrected chi connectivity index (χ4v) is 4.06. The highest BCUT2D eigenvalue weighted by atomic mass is 19.1. The van der Waals surface area contributed by atoms with E-state index in [4.69, 9.17) is 10.5 Å². The second-order valence-corrected chi connectivity index (χ2v) is 8.04. The molecule has 0 spiro atoms. The molecule has 176 valence electrons. The van der Waals surface area contributed by atoms with Crippen LogP contribution in [0.1, 0.15) is 11.1 Å². The highest BCUT2D eigenvalue weighted by Crippen LogP contribution is 2.37. The second kappa shape index (κ2) is 8.94. The summed E-state index contributed by atoms with van der Waals surface area (Å²) in [6.45, 7) is 2.43. The van der Waals surface area contributed by atoms with E-state index >= 15 is 0 Å². The molecular weight excluding hydrogens is 447 g/mol. The van der Waals surface area contributed by atoms with Gasteiger partial charge in [-0.15, -0.1) is 0 Å². The van der Waals surface area contributed by atoms with Gasteiger partial charge in [0.05, 0.1) is 35.9 Å². The molecule has 0 aliphatic heterocycles. The number of ether oxygens (including phenoxy) is 1. The summed E-state index contributed by atoms with van der Waals surface area (Å²) in [5.41, 5.74) is 11.5. The number of aromatic hydroxyl groups is 1. The van der Waals surface area contributed by atoms with Gasteiger partial charge in [0.1, 0.15) is 17.6 Å². The number of nitrogens with zero attached hydrogens (tertiary/aromatic N) is 4. The van der Waals surface area contributed by atoms with E-state index in [1.807, 2.05) is 41.8 Å². The number of aromatic nitrogens is 4. The number of benzene rings is 2. The summed E-state index contributed by atoms with van der Waals surface area (Å²) in [7, 11) is 1.63. The number of phenols is 1.